The maximum absolute atomic E-state index is 4.19. The molecule has 2 aromatic carbocycles. The highest BCUT2D eigenvalue weighted by atomic mass is 79.9. The predicted molar refractivity (Wildman–Crippen MR) is 84.7 cm³/mol. The zero-order chi connectivity index (χ0) is 13.2. The van der Waals surface area contributed by atoms with Crippen LogP contribution in [0.4, 0.5) is 11.6 Å². The lowest BCUT2D eigenvalue weighted by Gasteiger charge is -2.06. The summed E-state index contributed by atoms with van der Waals surface area (Å²) in [5.41, 5.74) is 0.970. The fraction of sp³-hybridized carbons (Fsp3) is 0. The molecule has 1 heterocycles. The Labute approximate surface area is 127 Å². The molecule has 0 aliphatic heterocycles. The Morgan fingerprint density at radius 3 is 2.26 bits per heavy atom. The van der Waals surface area contributed by atoms with Crippen LogP contribution in [0.25, 0.3) is 10.8 Å². The first kappa shape index (κ1) is 12.6. The highest BCUT2D eigenvalue weighted by Gasteiger charge is 2.00. The van der Waals surface area contributed by atoms with Gasteiger partial charge in [-0.2, -0.15) is 0 Å². The van der Waals surface area contributed by atoms with Gasteiger partial charge in [-0.25, -0.2) is 9.97 Å². The van der Waals surface area contributed by atoms with Crippen molar-refractivity contribution in [3.63, 3.8) is 0 Å². The molecule has 1 N–H and O–H groups in total. The van der Waals surface area contributed by atoms with Crippen LogP contribution in [0.3, 0.4) is 0 Å². The van der Waals surface area contributed by atoms with E-state index in [2.05, 4.69) is 71.4 Å². The predicted octanol–water partition coefficient (Wildman–Crippen LogP) is 4.90. The van der Waals surface area contributed by atoms with Crippen LogP contribution in [-0.4, -0.2) is 9.97 Å². The van der Waals surface area contributed by atoms with E-state index >= 15 is 0 Å². The summed E-state index contributed by atoms with van der Waals surface area (Å²) in [5.74, 6) is 0.583. The minimum atomic E-state index is 0.583. The number of nitrogens with zero attached hydrogens (tertiary/aromatic N) is 2. The SMILES string of the molecule is Brc1cnc(Nc2ccc3cc(Br)ccc3c2)nc1. The second kappa shape index (κ2) is 5.27. The Bertz CT molecular complexity index is 726. The molecule has 3 rings (SSSR count). The average Bonchev–Trinajstić information content (AvgIpc) is 2.42. The molecule has 1 aromatic heterocycles. The van der Waals surface area contributed by atoms with Crippen LogP contribution in [0.1, 0.15) is 0 Å². The summed E-state index contributed by atoms with van der Waals surface area (Å²) in [6, 6.07) is 12.4. The van der Waals surface area contributed by atoms with Gasteiger partial charge in [-0.1, -0.05) is 28.1 Å². The molecular weight excluding hydrogens is 370 g/mol. The molecule has 19 heavy (non-hydrogen) atoms. The summed E-state index contributed by atoms with van der Waals surface area (Å²) < 4.78 is 1.94. The van der Waals surface area contributed by atoms with Crippen LogP contribution >= 0.6 is 31.9 Å². The van der Waals surface area contributed by atoms with Crippen molar-refractivity contribution in [1.29, 1.82) is 0 Å². The second-order valence-corrected chi connectivity index (χ2v) is 5.89. The maximum Gasteiger partial charge on any atom is 0.227 e. The van der Waals surface area contributed by atoms with Crippen molar-refractivity contribution in [3.8, 4) is 0 Å². The molecule has 0 fully saturated rings. The van der Waals surface area contributed by atoms with Gasteiger partial charge in [0.2, 0.25) is 5.95 Å². The lowest BCUT2D eigenvalue weighted by molar-refractivity contribution is 1.15. The van der Waals surface area contributed by atoms with Crippen molar-refractivity contribution in [1.82, 2.24) is 9.97 Å². The second-order valence-electron chi connectivity index (χ2n) is 4.06. The van der Waals surface area contributed by atoms with E-state index < -0.39 is 0 Å². The third kappa shape index (κ3) is 2.93. The third-order valence-corrected chi connectivity index (χ3v) is 3.58. The Kier molecular flexibility index (Phi) is 3.48. The van der Waals surface area contributed by atoms with E-state index in [4.69, 9.17) is 0 Å². The summed E-state index contributed by atoms with van der Waals surface area (Å²) in [7, 11) is 0. The van der Waals surface area contributed by atoms with Gasteiger partial charge in [0.05, 0.1) is 4.47 Å². The molecule has 0 unspecified atom stereocenters. The van der Waals surface area contributed by atoms with E-state index in [0.717, 1.165) is 14.6 Å². The molecule has 0 spiro atoms. The maximum atomic E-state index is 4.19. The van der Waals surface area contributed by atoms with E-state index in [0.29, 0.717) is 5.95 Å². The molecule has 5 heteroatoms. The van der Waals surface area contributed by atoms with E-state index in [1.807, 2.05) is 12.1 Å². The molecule has 0 atom stereocenters. The van der Waals surface area contributed by atoms with Crippen LogP contribution < -0.4 is 5.32 Å². The first-order chi connectivity index (χ1) is 9.20. The number of rotatable bonds is 2. The lowest BCUT2D eigenvalue weighted by Crippen LogP contribution is -1.95. The molecule has 0 aliphatic carbocycles. The Morgan fingerprint density at radius 1 is 0.789 bits per heavy atom. The van der Waals surface area contributed by atoms with Crippen LogP contribution in [-0.2, 0) is 0 Å². The van der Waals surface area contributed by atoms with Gasteiger partial charge in [0, 0.05) is 22.6 Å². The van der Waals surface area contributed by atoms with Gasteiger partial charge in [-0.15, -0.1) is 0 Å². The molecule has 0 saturated heterocycles. The van der Waals surface area contributed by atoms with E-state index in [-0.39, 0.29) is 0 Å². The highest BCUT2D eigenvalue weighted by molar-refractivity contribution is 9.10. The number of anilines is 2. The van der Waals surface area contributed by atoms with Crippen LogP contribution in [0.15, 0.2) is 57.7 Å². The number of halogens is 2. The zero-order valence-electron chi connectivity index (χ0n) is 9.77. The molecule has 0 radical (unpaired) electrons. The van der Waals surface area contributed by atoms with E-state index in [1.54, 1.807) is 12.4 Å². The van der Waals surface area contributed by atoms with E-state index in [9.17, 15) is 0 Å². The minimum absolute atomic E-state index is 0.583. The number of nitrogens with one attached hydrogen (secondary N) is 1. The van der Waals surface area contributed by atoms with Gasteiger partial charge in [0.25, 0.3) is 0 Å². The molecule has 94 valence electrons. The van der Waals surface area contributed by atoms with Crippen molar-refractivity contribution in [2.24, 2.45) is 0 Å². The van der Waals surface area contributed by atoms with Crippen LogP contribution in [0.5, 0.6) is 0 Å². The zero-order valence-corrected chi connectivity index (χ0v) is 12.9. The van der Waals surface area contributed by atoms with Gasteiger partial charge in [-0.3, -0.25) is 0 Å². The first-order valence-electron chi connectivity index (χ1n) is 5.64. The number of benzene rings is 2. The number of hydrogen-bond donors (Lipinski definition) is 1. The van der Waals surface area contributed by atoms with E-state index in [1.165, 1.54) is 10.8 Å². The van der Waals surface area contributed by atoms with Crippen molar-refractivity contribution in [3.05, 3.63) is 57.7 Å². The van der Waals surface area contributed by atoms with Crippen molar-refractivity contribution in [2.45, 2.75) is 0 Å². The minimum Gasteiger partial charge on any atom is -0.324 e. The fourth-order valence-corrected chi connectivity index (χ4v) is 2.38. The van der Waals surface area contributed by atoms with Gasteiger partial charge in [-0.05, 0) is 51.0 Å². The molecule has 0 bridgehead atoms. The highest BCUT2D eigenvalue weighted by Crippen LogP contribution is 2.24. The Balaban J connectivity index is 1.93. The molecule has 0 saturated carbocycles. The molecule has 3 aromatic rings. The normalized spacial score (nSPS) is 10.6. The quantitative estimate of drug-likeness (QED) is 0.689. The van der Waals surface area contributed by atoms with Crippen molar-refractivity contribution < 1.29 is 0 Å². The summed E-state index contributed by atoms with van der Waals surface area (Å²) in [6.07, 6.45) is 3.43. The summed E-state index contributed by atoms with van der Waals surface area (Å²) >= 11 is 6.78. The Hall–Kier alpha value is -1.46. The topological polar surface area (TPSA) is 37.8 Å². The smallest absolute Gasteiger partial charge is 0.227 e. The van der Waals surface area contributed by atoms with Gasteiger partial charge >= 0.3 is 0 Å². The molecule has 0 amide bonds. The first-order valence-corrected chi connectivity index (χ1v) is 7.23. The number of fused-ring (bicyclic) bond motifs is 1. The Morgan fingerprint density at radius 2 is 1.47 bits per heavy atom. The van der Waals surface area contributed by atoms with Crippen LogP contribution in [0, 0.1) is 0 Å². The number of aromatic nitrogens is 2. The average molecular weight is 379 g/mol. The van der Waals surface area contributed by atoms with Crippen molar-refractivity contribution in [2.75, 3.05) is 5.32 Å². The van der Waals surface area contributed by atoms with Crippen LogP contribution in [0.2, 0.25) is 0 Å². The summed E-state index contributed by atoms with van der Waals surface area (Å²) in [5, 5.41) is 5.55. The third-order valence-electron chi connectivity index (χ3n) is 2.68. The van der Waals surface area contributed by atoms with Gasteiger partial charge < -0.3 is 5.32 Å². The van der Waals surface area contributed by atoms with Gasteiger partial charge in [0.1, 0.15) is 0 Å². The lowest BCUT2D eigenvalue weighted by atomic mass is 10.1. The summed E-state index contributed by atoms with van der Waals surface area (Å²) in [6.45, 7) is 0. The number of hydrogen-bond acceptors (Lipinski definition) is 3. The summed E-state index contributed by atoms with van der Waals surface area (Å²) in [4.78, 5) is 8.38. The fourth-order valence-electron chi connectivity index (χ4n) is 1.80. The standard InChI is InChI=1S/C14H9Br2N3/c15-11-3-1-10-6-13(4-2-9(10)5-11)19-14-17-7-12(16)8-18-14/h1-8H,(H,17,18,19). The monoisotopic (exact) mass is 377 g/mol. The molecule has 0 aliphatic rings. The molecular formula is C14H9Br2N3. The molecule has 3 nitrogen and oxygen atoms in total. The largest absolute Gasteiger partial charge is 0.324 e. The van der Waals surface area contributed by atoms with Crippen molar-refractivity contribution >= 4 is 54.3 Å². The van der Waals surface area contributed by atoms with Gasteiger partial charge in [0.15, 0.2) is 0 Å².